The normalized spacial score (nSPS) is 15.6. The number of methoxy groups -OCH3 is 2. The Balaban J connectivity index is 1.30. The molecule has 1 aromatic heterocycles. The Hall–Kier alpha value is -2.56. The van der Waals surface area contributed by atoms with Crippen molar-refractivity contribution < 1.29 is 24.1 Å². The van der Waals surface area contributed by atoms with Gasteiger partial charge in [-0.1, -0.05) is 30.3 Å². The molecule has 2 aromatic rings. The van der Waals surface area contributed by atoms with Crippen LogP contribution in [0.3, 0.4) is 0 Å². The zero-order valence-corrected chi connectivity index (χ0v) is 22.4. The number of carbonyl (C=O) groups is 1. The minimum absolute atomic E-state index is 0.00377. The maximum atomic E-state index is 12.2. The van der Waals surface area contributed by atoms with Crippen molar-refractivity contribution in [1.82, 2.24) is 14.8 Å². The molecular formula is C28H42N4O5. The summed E-state index contributed by atoms with van der Waals surface area (Å²) in [5, 5.41) is 14.2. The van der Waals surface area contributed by atoms with Crippen molar-refractivity contribution in [3.63, 3.8) is 0 Å². The lowest BCUT2D eigenvalue weighted by Crippen LogP contribution is -2.48. The smallest absolute Gasteiger partial charge is 0.224 e. The van der Waals surface area contributed by atoms with E-state index in [1.54, 1.807) is 32.4 Å². The van der Waals surface area contributed by atoms with Gasteiger partial charge in [-0.15, -0.1) is 0 Å². The van der Waals surface area contributed by atoms with Crippen molar-refractivity contribution in [2.75, 3.05) is 66.0 Å². The van der Waals surface area contributed by atoms with Crippen LogP contribution in [-0.4, -0.2) is 98.3 Å². The highest BCUT2D eigenvalue weighted by Gasteiger charge is 2.32. The summed E-state index contributed by atoms with van der Waals surface area (Å²) < 4.78 is 15.9. The Kier molecular flexibility index (Phi) is 11.8. The highest BCUT2D eigenvalue weighted by molar-refractivity contribution is 5.75. The highest BCUT2D eigenvalue weighted by atomic mass is 16.7. The monoisotopic (exact) mass is 514 g/mol. The van der Waals surface area contributed by atoms with E-state index in [-0.39, 0.29) is 5.91 Å². The summed E-state index contributed by atoms with van der Waals surface area (Å²) in [4.78, 5) is 20.4. The molecule has 2 heterocycles. The van der Waals surface area contributed by atoms with Gasteiger partial charge < -0.3 is 29.5 Å². The van der Waals surface area contributed by atoms with E-state index < -0.39 is 11.9 Å². The maximum absolute atomic E-state index is 12.2. The second-order valence-corrected chi connectivity index (χ2v) is 9.67. The van der Waals surface area contributed by atoms with Gasteiger partial charge in [-0.2, -0.15) is 0 Å². The molecule has 1 aliphatic rings. The van der Waals surface area contributed by atoms with E-state index >= 15 is 0 Å². The van der Waals surface area contributed by atoms with Crippen LogP contribution in [0.15, 0.2) is 48.7 Å². The molecule has 1 amide bonds. The Morgan fingerprint density at radius 2 is 1.81 bits per heavy atom. The molecule has 3 rings (SSSR count). The van der Waals surface area contributed by atoms with Crippen LogP contribution < -0.4 is 5.32 Å². The van der Waals surface area contributed by atoms with E-state index in [0.29, 0.717) is 32.7 Å². The number of anilines is 1. The molecule has 1 aliphatic heterocycles. The lowest BCUT2D eigenvalue weighted by atomic mass is 9.91. The van der Waals surface area contributed by atoms with Crippen LogP contribution in [-0.2, 0) is 32.0 Å². The number of piperidine rings is 1. The molecule has 0 radical (unpaired) electrons. The van der Waals surface area contributed by atoms with Gasteiger partial charge in [0.2, 0.25) is 5.91 Å². The first-order valence-electron chi connectivity index (χ1n) is 13.0. The number of carbonyl (C=O) groups excluding carboxylic acids is 1. The molecule has 0 spiro atoms. The summed E-state index contributed by atoms with van der Waals surface area (Å²) >= 11 is 0. The number of benzene rings is 1. The third-order valence-electron chi connectivity index (χ3n) is 6.85. The third kappa shape index (κ3) is 10.0. The van der Waals surface area contributed by atoms with Crippen molar-refractivity contribution >= 4 is 11.7 Å². The van der Waals surface area contributed by atoms with Gasteiger partial charge in [0.05, 0.1) is 31.8 Å². The molecule has 0 bridgehead atoms. The first kappa shape index (κ1) is 29.0. The number of ether oxygens (including phenoxy) is 3. The number of aliphatic hydroxyl groups is 1. The summed E-state index contributed by atoms with van der Waals surface area (Å²) in [6, 6.07) is 14.4. The fraction of sp³-hybridized carbons (Fsp3) is 0.571. The van der Waals surface area contributed by atoms with E-state index in [1.165, 1.54) is 11.1 Å². The molecule has 0 aliphatic carbocycles. The summed E-state index contributed by atoms with van der Waals surface area (Å²) in [6.07, 6.45) is 3.94. The zero-order chi connectivity index (χ0) is 26.5. The summed E-state index contributed by atoms with van der Waals surface area (Å²) in [5.41, 5.74) is 1.78. The largest absolute Gasteiger partial charge is 0.388 e. The van der Waals surface area contributed by atoms with Crippen molar-refractivity contribution in [3.8, 4) is 0 Å². The van der Waals surface area contributed by atoms with Crippen molar-refractivity contribution in [3.05, 3.63) is 59.8 Å². The van der Waals surface area contributed by atoms with Gasteiger partial charge >= 0.3 is 0 Å². The number of nitrogens with zero attached hydrogens (tertiary/aromatic N) is 3. The SMILES string of the molecule is COC(CN(C)C(=O)CCOCCc1ccc(CN2CCC(O)(CNc3ccccn3)CC2)cc1)OC. The minimum atomic E-state index is -0.700. The number of hydrogen-bond donors (Lipinski definition) is 2. The number of likely N-dealkylation sites (N-methyl/N-ethyl adjacent to an activating group) is 1. The summed E-state index contributed by atoms with van der Waals surface area (Å²) in [7, 11) is 4.85. The number of nitrogens with one attached hydrogen (secondary N) is 1. The average Bonchev–Trinajstić information content (AvgIpc) is 2.93. The minimum Gasteiger partial charge on any atom is -0.388 e. The first-order chi connectivity index (χ1) is 17.9. The molecule has 1 saturated heterocycles. The van der Waals surface area contributed by atoms with Crippen molar-refractivity contribution in [2.45, 2.75) is 44.1 Å². The van der Waals surface area contributed by atoms with E-state index in [4.69, 9.17) is 14.2 Å². The number of pyridine rings is 1. The van der Waals surface area contributed by atoms with Gasteiger partial charge in [-0.25, -0.2) is 4.98 Å². The van der Waals surface area contributed by atoms with Gasteiger partial charge in [-0.05, 0) is 42.5 Å². The number of amides is 1. The molecule has 0 unspecified atom stereocenters. The quantitative estimate of drug-likeness (QED) is 0.277. The molecule has 2 N–H and O–H groups in total. The molecule has 0 saturated carbocycles. The van der Waals surface area contributed by atoms with Crippen molar-refractivity contribution in [1.29, 1.82) is 0 Å². The average molecular weight is 515 g/mol. The van der Waals surface area contributed by atoms with Gasteiger partial charge in [0.1, 0.15) is 5.82 Å². The van der Waals surface area contributed by atoms with Crippen LogP contribution in [0.25, 0.3) is 0 Å². The van der Waals surface area contributed by atoms with E-state index in [2.05, 4.69) is 39.5 Å². The summed E-state index contributed by atoms with van der Waals surface area (Å²) in [6.45, 7) is 4.48. The van der Waals surface area contributed by atoms with Crippen LogP contribution in [0, 0.1) is 0 Å². The maximum Gasteiger partial charge on any atom is 0.224 e. The van der Waals surface area contributed by atoms with Gasteiger partial charge in [0, 0.05) is 53.6 Å². The van der Waals surface area contributed by atoms with Gasteiger partial charge in [0.25, 0.3) is 0 Å². The van der Waals surface area contributed by atoms with Crippen LogP contribution in [0.2, 0.25) is 0 Å². The van der Waals surface area contributed by atoms with Crippen LogP contribution >= 0.6 is 0 Å². The molecule has 37 heavy (non-hydrogen) atoms. The molecule has 1 fully saturated rings. The third-order valence-corrected chi connectivity index (χ3v) is 6.85. The molecular weight excluding hydrogens is 472 g/mol. The Morgan fingerprint density at radius 3 is 2.46 bits per heavy atom. The van der Waals surface area contributed by atoms with E-state index in [0.717, 1.165) is 44.7 Å². The van der Waals surface area contributed by atoms with Crippen LogP contribution in [0.4, 0.5) is 5.82 Å². The number of hydrogen-bond acceptors (Lipinski definition) is 8. The van der Waals surface area contributed by atoms with E-state index in [1.807, 2.05) is 18.2 Å². The first-order valence-corrected chi connectivity index (χ1v) is 13.0. The van der Waals surface area contributed by atoms with Crippen LogP contribution in [0.5, 0.6) is 0 Å². The topological polar surface area (TPSA) is 96.4 Å². The van der Waals surface area contributed by atoms with Crippen molar-refractivity contribution in [2.24, 2.45) is 0 Å². The standard InChI is InChI=1S/C28H42N4O5/c1-31(21-27(35-2)36-3)26(33)12-19-37-18-11-23-7-9-24(10-8-23)20-32-16-13-28(34,14-17-32)22-30-25-6-4-5-15-29-25/h4-10,15,27,34H,11-14,16-22H2,1-3H3,(H,29,30). The lowest BCUT2D eigenvalue weighted by Gasteiger charge is -2.38. The Bertz CT molecular complexity index is 916. The predicted molar refractivity (Wildman–Crippen MR) is 143 cm³/mol. The molecule has 0 atom stereocenters. The molecule has 1 aromatic carbocycles. The fourth-order valence-corrected chi connectivity index (χ4v) is 4.31. The number of rotatable bonds is 15. The second-order valence-electron chi connectivity index (χ2n) is 9.67. The molecule has 9 nitrogen and oxygen atoms in total. The number of aromatic nitrogens is 1. The second kappa shape index (κ2) is 15.0. The van der Waals surface area contributed by atoms with Gasteiger partial charge in [0.15, 0.2) is 6.29 Å². The number of likely N-dealkylation sites (tertiary alicyclic amines) is 1. The Labute approximate surface area is 220 Å². The predicted octanol–water partition coefficient (Wildman–Crippen LogP) is 2.55. The van der Waals surface area contributed by atoms with E-state index in [9.17, 15) is 9.90 Å². The summed E-state index contributed by atoms with van der Waals surface area (Å²) in [5.74, 6) is 0.799. The zero-order valence-electron chi connectivity index (χ0n) is 22.4. The van der Waals surface area contributed by atoms with Gasteiger partial charge in [-0.3, -0.25) is 9.69 Å². The Morgan fingerprint density at radius 1 is 1.11 bits per heavy atom. The fourth-order valence-electron chi connectivity index (χ4n) is 4.31. The molecule has 9 heteroatoms. The highest BCUT2D eigenvalue weighted by Crippen LogP contribution is 2.24. The molecule has 204 valence electrons. The van der Waals surface area contributed by atoms with Crippen LogP contribution in [0.1, 0.15) is 30.4 Å². The lowest BCUT2D eigenvalue weighted by molar-refractivity contribution is -0.143.